The van der Waals surface area contributed by atoms with E-state index in [0.29, 0.717) is 33.3 Å². The summed E-state index contributed by atoms with van der Waals surface area (Å²) in [6, 6.07) is 17.5. The quantitative estimate of drug-likeness (QED) is 0.308. The zero-order valence-corrected chi connectivity index (χ0v) is 22.9. The van der Waals surface area contributed by atoms with Gasteiger partial charge < -0.3 is 9.08 Å². The van der Waals surface area contributed by atoms with Crippen molar-refractivity contribution in [3.63, 3.8) is 0 Å². The molecular weight excluding hydrogens is 549 g/mol. The molecule has 0 saturated heterocycles. The van der Waals surface area contributed by atoms with Gasteiger partial charge in [-0.05, 0) is 42.8 Å². The van der Waals surface area contributed by atoms with Crippen molar-refractivity contribution in [1.29, 1.82) is 0 Å². The number of rotatable bonds is 6. The second-order valence-corrected chi connectivity index (χ2v) is 11.4. The van der Waals surface area contributed by atoms with Crippen molar-refractivity contribution in [3.8, 4) is 5.88 Å². The van der Waals surface area contributed by atoms with Gasteiger partial charge in [-0.1, -0.05) is 42.0 Å². The molecule has 1 amide bonds. The molecule has 0 unspecified atom stereocenters. The summed E-state index contributed by atoms with van der Waals surface area (Å²) in [6.07, 6.45) is 0.261. The van der Waals surface area contributed by atoms with Gasteiger partial charge in [-0.15, -0.1) is 5.10 Å². The maximum atomic E-state index is 14.9. The summed E-state index contributed by atoms with van der Waals surface area (Å²) >= 11 is 0. The van der Waals surface area contributed by atoms with Crippen molar-refractivity contribution in [1.82, 2.24) is 24.9 Å². The standard InChI is InChI=1S/C29H24FN5O5S/c1-17-7-10-19(11-8-17)41(38,39)40-28-23-15-35(16-26(23)34(2)33-28)29(37)22-13-18(9-12-24(22)30)14-25-20-5-3-4-6-21(20)27(36)32-31-25/h3-13H,14-16H2,1-2H3,(H,32,36). The number of aromatic nitrogens is 4. The highest BCUT2D eigenvalue weighted by Gasteiger charge is 2.34. The Morgan fingerprint density at radius 3 is 2.54 bits per heavy atom. The largest absolute Gasteiger partial charge is 0.356 e. The van der Waals surface area contributed by atoms with E-state index >= 15 is 0 Å². The van der Waals surface area contributed by atoms with Crippen molar-refractivity contribution in [3.05, 3.63) is 117 Å². The molecule has 208 valence electrons. The highest BCUT2D eigenvalue weighted by molar-refractivity contribution is 7.87. The Morgan fingerprint density at radius 1 is 1.05 bits per heavy atom. The number of H-pyrrole nitrogens is 1. The van der Waals surface area contributed by atoms with E-state index in [0.717, 1.165) is 5.56 Å². The van der Waals surface area contributed by atoms with E-state index in [1.54, 1.807) is 49.5 Å². The number of aromatic amines is 1. The average Bonchev–Trinajstić information content (AvgIpc) is 3.52. The summed E-state index contributed by atoms with van der Waals surface area (Å²) in [5.41, 5.74) is 2.71. The lowest BCUT2D eigenvalue weighted by Gasteiger charge is -2.17. The highest BCUT2D eigenvalue weighted by Crippen LogP contribution is 2.33. The predicted octanol–water partition coefficient (Wildman–Crippen LogP) is 3.62. The molecule has 3 heterocycles. The van der Waals surface area contributed by atoms with Gasteiger partial charge in [-0.2, -0.15) is 13.5 Å². The van der Waals surface area contributed by atoms with Gasteiger partial charge in [-0.3, -0.25) is 14.3 Å². The lowest BCUT2D eigenvalue weighted by molar-refractivity contribution is 0.0743. The molecule has 0 saturated carbocycles. The Labute approximate surface area is 234 Å². The van der Waals surface area contributed by atoms with Crippen LogP contribution in [-0.2, 0) is 36.7 Å². The molecule has 1 aliphatic heterocycles. The van der Waals surface area contributed by atoms with Crippen LogP contribution in [0.4, 0.5) is 4.39 Å². The van der Waals surface area contributed by atoms with E-state index in [9.17, 15) is 22.4 Å². The number of nitrogens with zero attached hydrogens (tertiary/aromatic N) is 4. The van der Waals surface area contributed by atoms with Crippen LogP contribution in [0.2, 0.25) is 0 Å². The van der Waals surface area contributed by atoms with E-state index in [1.807, 2.05) is 6.92 Å². The minimum absolute atomic E-state index is 0.00343. The molecular formula is C29H24FN5O5S. The van der Waals surface area contributed by atoms with Gasteiger partial charge >= 0.3 is 10.1 Å². The average molecular weight is 574 g/mol. The summed E-state index contributed by atoms with van der Waals surface area (Å²) < 4.78 is 47.5. The molecule has 1 aliphatic rings. The van der Waals surface area contributed by atoms with Gasteiger partial charge in [0, 0.05) is 18.9 Å². The summed E-state index contributed by atoms with van der Waals surface area (Å²) in [6.45, 7) is 1.94. The molecule has 0 bridgehead atoms. The molecule has 41 heavy (non-hydrogen) atoms. The monoisotopic (exact) mass is 573 g/mol. The van der Waals surface area contributed by atoms with Crippen LogP contribution in [0, 0.1) is 12.7 Å². The molecule has 0 atom stereocenters. The van der Waals surface area contributed by atoms with E-state index < -0.39 is 21.8 Å². The van der Waals surface area contributed by atoms with Crippen molar-refractivity contribution in [2.75, 3.05) is 0 Å². The predicted molar refractivity (Wildman–Crippen MR) is 147 cm³/mol. The van der Waals surface area contributed by atoms with E-state index in [4.69, 9.17) is 4.18 Å². The first-order chi connectivity index (χ1) is 19.6. The molecule has 1 N–H and O–H groups in total. The number of hydrogen-bond acceptors (Lipinski definition) is 7. The number of benzene rings is 3. The SMILES string of the molecule is Cc1ccc(S(=O)(=O)Oc2nn(C)c3c2CN(C(=O)c2cc(Cc4n[nH]c(=O)c5ccccc45)ccc2F)C3)cc1. The first-order valence-corrected chi connectivity index (χ1v) is 14.1. The Hall–Kier alpha value is -4.84. The second-order valence-electron chi connectivity index (χ2n) is 9.90. The summed E-state index contributed by atoms with van der Waals surface area (Å²) in [5, 5.41) is 12.0. The van der Waals surface area contributed by atoms with Crippen LogP contribution in [0.3, 0.4) is 0 Å². The molecule has 10 nitrogen and oxygen atoms in total. The molecule has 0 radical (unpaired) electrons. The lowest BCUT2D eigenvalue weighted by atomic mass is 10.0. The molecule has 12 heteroatoms. The number of carbonyl (C=O) groups excluding carboxylic acids is 1. The zero-order valence-electron chi connectivity index (χ0n) is 22.1. The van der Waals surface area contributed by atoms with Crippen LogP contribution in [-0.4, -0.2) is 39.2 Å². The Bertz CT molecular complexity index is 2000. The third-order valence-electron chi connectivity index (χ3n) is 7.12. The maximum absolute atomic E-state index is 14.9. The van der Waals surface area contributed by atoms with Crippen LogP contribution < -0.4 is 9.74 Å². The molecule has 0 aliphatic carbocycles. The topological polar surface area (TPSA) is 127 Å². The highest BCUT2D eigenvalue weighted by atomic mass is 32.2. The number of hydrogen-bond donors (Lipinski definition) is 1. The van der Waals surface area contributed by atoms with E-state index in [2.05, 4.69) is 15.3 Å². The molecule has 0 spiro atoms. The maximum Gasteiger partial charge on any atom is 0.340 e. The fourth-order valence-electron chi connectivity index (χ4n) is 4.94. The minimum atomic E-state index is -4.16. The van der Waals surface area contributed by atoms with Gasteiger partial charge in [0.25, 0.3) is 17.3 Å². The van der Waals surface area contributed by atoms with Crippen LogP contribution in [0.5, 0.6) is 5.88 Å². The first kappa shape index (κ1) is 26.4. The van der Waals surface area contributed by atoms with Crippen molar-refractivity contribution in [2.24, 2.45) is 7.05 Å². The first-order valence-electron chi connectivity index (χ1n) is 12.7. The second kappa shape index (κ2) is 9.97. The van der Waals surface area contributed by atoms with E-state index in [1.165, 1.54) is 33.8 Å². The number of fused-ring (bicyclic) bond motifs is 2. The normalized spacial score (nSPS) is 13.0. The van der Waals surface area contributed by atoms with Crippen LogP contribution in [0.15, 0.2) is 76.4 Å². The molecule has 5 aromatic rings. The Balaban J connectivity index is 1.25. The van der Waals surface area contributed by atoms with Crippen molar-refractivity contribution in [2.45, 2.75) is 31.3 Å². The fraction of sp³-hybridized carbons (Fsp3) is 0.172. The molecule has 3 aromatic carbocycles. The smallest absolute Gasteiger partial charge is 0.340 e. The fourth-order valence-corrected chi connectivity index (χ4v) is 5.85. The van der Waals surface area contributed by atoms with Crippen LogP contribution >= 0.6 is 0 Å². The number of aryl methyl sites for hydroxylation is 2. The summed E-state index contributed by atoms with van der Waals surface area (Å²) in [5.74, 6) is -1.37. The van der Waals surface area contributed by atoms with Gasteiger partial charge in [0.2, 0.25) is 0 Å². The Morgan fingerprint density at radius 2 is 1.78 bits per heavy atom. The third kappa shape index (κ3) is 4.86. The van der Waals surface area contributed by atoms with Crippen molar-refractivity contribution >= 4 is 26.8 Å². The summed E-state index contributed by atoms with van der Waals surface area (Å²) in [4.78, 5) is 27.0. The third-order valence-corrected chi connectivity index (χ3v) is 8.35. The molecule has 6 rings (SSSR count). The zero-order chi connectivity index (χ0) is 28.9. The number of halogens is 1. The number of carbonyl (C=O) groups is 1. The lowest BCUT2D eigenvalue weighted by Crippen LogP contribution is -2.27. The Kier molecular flexibility index (Phi) is 6.41. The molecule has 0 fully saturated rings. The van der Waals surface area contributed by atoms with Gasteiger partial charge in [-0.25, -0.2) is 9.49 Å². The van der Waals surface area contributed by atoms with Gasteiger partial charge in [0.1, 0.15) is 10.7 Å². The summed E-state index contributed by atoms with van der Waals surface area (Å²) in [7, 11) is -2.53. The van der Waals surface area contributed by atoms with Gasteiger partial charge in [0.05, 0.1) is 41.0 Å². The molecule has 2 aromatic heterocycles. The van der Waals surface area contributed by atoms with Gasteiger partial charge in [0.15, 0.2) is 0 Å². The van der Waals surface area contributed by atoms with Crippen LogP contribution in [0.1, 0.15) is 38.4 Å². The van der Waals surface area contributed by atoms with Crippen LogP contribution in [0.25, 0.3) is 10.8 Å². The number of nitrogens with one attached hydrogen (secondary N) is 1. The minimum Gasteiger partial charge on any atom is -0.356 e. The number of amides is 1. The van der Waals surface area contributed by atoms with Crippen molar-refractivity contribution < 1.29 is 21.8 Å². The van der Waals surface area contributed by atoms with E-state index in [-0.39, 0.29) is 41.4 Å².